The van der Waals surface area contributed by atoms with E-state index < -0.39 is 40.0 Å². The molecule has 0 spiro atoms. The fourth-order valence-electron chi connectivity index (χ4n) is 9.16. The van der Waals surface area contributed by atoms with E-state index in [9.17, 15) is 22.8 Å². The minimum atomic E-state index is -4.50. The van der Waals surface area contributed by atoms with Crippen molar-refractivity contribution in [3.63, 3.8) is 0 Å². The SMILES string of the molecule is CCCCCCCCCCCCCCC(C(=O)NC1C2CC3CC1CC(C(N)=O)(C3)C2)N1CC(=O)N(c2c(Cl)cc(Cl)cc2Cl)S1(=O)=O. The lowest BCUT2D eigenvalue weighted by atomic mass is 9.47. The Morgan fingerprint density at radius 3 is 1.94 bits per heavy atom. The molecule has 3 amide bonds. The van der Waals surface area contributed by atoms with Gasteiger partial charge in [0, 0.05) is 16.5 Å². The van der Waals surface area contributed by atoms with E-state index in [1.165, 1.54) is 63.5 Å². The molecule has 3 unspecified atom stereocenters. The third-order valence-corrected chi connectivity index (χ3v) is 13.9. The molecule has 5 fully saturated rings. The zero-order valence-electron chi connectivity index (χ0n) is 28.0. The van der Waals surface area contributed by atoms with Crippen LogP contribution >= 0.6 is 34.8 Å². The standard InChI is InChI=1S/C35H51Cl3N4O5S/c1-2-3-4-5-6-7-8-9-10-11-12-13-14-29(33(44)40-31-24-15-23-16-25(31)21-35(19-23,20-24)34(39)45)41-22-30(43)42(48(41,46)47)32-27(37)17-26(36)18-28(32)38/h17-18,23-25,29,31H,2-16,19-22H2,1H3,(H2,39,45)(H,40,44). The first-order valence-corrected chi connectivity index (χ1v) is 20.5. The Bertz CT molecular complexity index is 1420. The number of benzene rings is 1. The molecule has 4 saturated carbocycles. The summed E-state index contributed by atoms with van der Waals surface area (Å²) in [6.45, 7) is 1.73. The van der Waals surface area contributed by atoms with E-state index in [1.807, 2.05) is 0 Å². The third-order valence-electron chi connectivity index (χ3n) is 11.3. The Kier molecular flexibility index (Phi) is 12.7. The van der Waals surface area contributed by atoms with Gasteiger partial charge < -0.3 is 11.1 Å². The van der Waals surface area contributed by atoms with Crippen LogP contribution < -0.4 is 15.4 Å². The highest BCUT2D eigenvalue weighted by molar-refractivity contribution is 7.92. The van der Waals surface area contributed by atoms with Crippen LogP contribution in [0, 0.1) is 23.2 Å². The number of carbonyl (C=O) groups is 3. The van der Waals surface area contributed by atoms with Crippen molar-refractivity contribution in [1.29, 1.82) is 0 Å². The maximum absolute atomic E-state index is 14.2. The monoisotopic (exact) mass is 744 g/mol. The van der Waals surface area contributed by atoms with E-state index in [0.717, 1.165) is 42.8 Å². The number of hydrogen-bond donors (Lipinski definition) is 2. The Hall–Kier alpha value is -1.59. The molecule has 1 heterocycles. The van der Waals surface area contributed by atoms with E-state index in [1.54, 1.807) is 0 Å². The lowest BCUT2D eigenvalue weighted by molar-refractivity contribution is -0.148. The molecule has 0 aromatic heterocycles. The zero-order valence-corrected chi connectivity index (χ0v) is 31.1. The number of anilines is 1. The summed E-state index contributed by atoms with van der Waals surface area (Å²) >= 11 is 18.8. The minimum Gasteiger partial charge on any atom is -0.369 e. The van der Waals surface area contributed by atoms with E-state index in [-0.39, 0.29) is 51.0 Å². The lowest BCUT2D eigenvalue weighted by Gasteiger charge is -2.59. The van der Waals surface area contributed by atoms with E-state index in [4.69, 9.17) is 40.5 Å². The molecule has 1 aromatic rings. The molecule has 5 aliphatic rings. The summed E-state index contributed by atoms with van der Waals surface area (Å²) < 4.78 is 29.7. The van der Waals surface area contributed by atoms with Gasteiger partial charge in [0.2, 0.25) is 11.8 Å². The molecular formula is C35H51Cl3N4O5S. The van der Waals surface area contributed by atoms with Crippen molar-refractivity contribution in [1.82, 2.24) is 9.62 Å². The summed E-state index contributed by atoms with van der Waals surface area (Å²) in [6.07, 6.45) is 18.0. The van der Waals surface area contributed by atoms with Gasteiger partial charge in [0.25, 0.3) is 5.91 Å². The highest BCUT2D eigenvalue weighted by Crippen LogP contribution is 2.60. The predicted octanol–water partition coefficient (Wildman–Crippen LogP) is 7.80. The number of nitrogens with one attached hydrogen (secondary N) is 1. The Morgan fingerprint density at radius 2 is 1.42 bits per heavy atom. The highest BCUT2D eigenvalue weighted by Gasteiger charge is 2.59. The van der Waals surface area contributed by atoms with Crippen LogP contribution in [0.2, 0.25) is 15.1 Å². The van der Waals surface area contributed by atoms with Gasteiger partial charge in [0.15, 0.2) is 0 Å². The number of primary amides is 1. The predicted molar refractivity (Wildman–Crippen MR) is 191 cm³/mol. The van der Waals surface area contributed by atoms with Crippen LogP contribution in [-0.4, -0.2) is 49.1 Å². The van der Waals surface area contributed by atoms with E-state index in [0.29, 0.717) is 29.5 Å². The molecule has 4 aliphatic carbocycles. The molecule has 48 heavy (non-hydrogen) atoms. The van der Waals surface area contributed by atoms with Crippen molar-refractivity contribution < 1.29 is 22.8 Å². The summed E-state index contributed by atoms with van der Waals surface area (Å²) in [5, 5.41) is 3.27. The molecule has 9 nitrogen and oxygen atoms in total. The Labute approximate surface area is 301 Å². The van der Waals surface area contributed by atoms with Gasteiger partial charge in [-0.05, 0) is 68.4 Å². The van der Waals surface area contributed by atoms with Gasteiger partial charge >= 0.3 is 10.2 Å². The number of nitrogens with zero attached hydrogens (tertiary/aromatic N) is 2. The van der Waals surface area contributed by atoms with Crippen LogP contribution in [0.3, 0.4) is 0 Å². The smallest absolute Gasteiger partial charge is 0.312 e. The largest absolute Gasteiger partial charge is 0.369 e. The van der Waals surface area contributed by atoms with Gasteiger partial charge in [-0.1, -0.05) is 119 Å². The third kappa shape index (κ3) is 8.14. The highest BCUT2D eigenvalue weighted by atomic mass is 35.5. The van der Waals surface area contributed by atoms with E-state index in [2.05, 4.69) is 12.2 Å². The first-order chi connectivity index (χ1) is 22.9. The molecule has 3 N–H and O–H groups in total. The molecule has 1 aliphatic heterocycles. The first kappa shape index (κ1) is 37.7. The second-order valence-corrected chi connectivity index (χ2v) is 17.8. The van der Waals surface area contributed by atoms with Gasteiger partial charge in [-0.3, -0.25) is 14.4 Å². The molecular weight excluding hydrogens is 695 g/mol. The fourth-order valence-corrected chi connectivity index (χ4v) is 12.0. The van der Waals surface area contributed by atoms with Crippen LogP contribution in [0.15, 0.2) is 12.1 Å². The number of unbranched alkanes of at least 4 members (excludes halogenated alkanes) is 11. The molecule has 4 bridgehead atoms. The average Bonchev–Trinajstić information content (AvgIpc) is 3.24. The normalized spacial score (nSPS) is 28.2. The van der Waals surface area contributed by atoms with Gasteiger partial charge in [-0.15, -0.1) is 0 Å². The number of nitrogens with two attached hydrogens (primary N) is 1. The molecule has 1 aromatic carbocycles. The van der Waals surface area contributed by atoms with Gasteiger partial charge in [-0.25, -0.2) is 0 Å². The molecule has 13 heteroatoms. The van der Waals surface area contributed by atoms with Crippen molar-refractivity contribution in [3.05, 3.63) is 27.2 Å². The van der Waals surface area contributed by atoms with Crippen molar-refractivity contribution in [2.75, 3.05) is 10.8 Å². The summed E-state index contributed by atoms with van der Waals surface area (Å²) in [5.41, 5.74) is 5.20. The van der Waals surface area contributed by atoms with Crippen molar-refractivity contribution in [3.8, 4) is 0 Å². The van der Waals surface area contributed by atoms with Crippen molar-refractivity contribution in [2.24, 2.45) is 28.9 Å². The molecule has 268 valence electrons. The molecule has 1 saturated heterocycles. The average molecular weight is 746 g/mol. The molecule has 0 radical (unpaired) electrons. The Balaban J connectivity index is 1.26. The second kappa shape index (κ2) is 16.2. The van der Waals surface area contributed by atoms with Crippen molar-refractivity contribution in [2.45, 2.75) is 135 Å². The summed E-state index contributed by atoms with van der Waals surface area (Å²) in [7, 11) is -4.50. The molecule has 3 atom stereocenters. The second-order valence-electron chi connectivity index (χ2n) is 14.8. The van der Waals surface area contributed by atoms with Crippen LogP contribution in [0.5, 0.6) is 0 Å². The van der Waals surface area contributed by atoms with Crippen LogP contribution in [0.25, 0.3) is 0 Å². The topological polar surface area (TPSA) is 130 Å². The molecule has 6 rings (SSSR count). The number of halogens is 3. The number of amides is 3. The zero-order chi connectivity index (χ0) is 34.6. The lowest BCUT2D eigenvalue weighted by Crippen LogP contribution is -2.63. The van der Waals surface area contributed by atoms with Crippen LogP contribution in [-0.2, 0) is 24.6 Å². The summed E-state index contributed by atoms with van der Waals surface area (Å²) in [6, 6.07) is 1.41. The van der Waals surface area contributed by atoms with Gasteiger partial charge in [0.05, 0.1) is 22.3 Å². The number of hydrogen-bond acceptors (Lipinski definition) is 5. The maximum atomic E-state index is 14.2. The minimum absolute atomic E-state index is 0.0785. The summed E-state index contributed by atoms with van der Waals surface area (Å²) in [5.74, 6) is -0.765. The van der Waals surface area contributed by atoms with E-state index >= 15 is 0 Å². The number of rotatable bonds is 18. The van der Waals surface area contributed by atoms with Gasteiger partial charge in [0.1, 0.15) is 6.04 Å². The number of carbonyl (C=O) groups excluding carboxylic acids is 3. The van der Waals surface area contributed by atoms with Crippen molar-refractivity contribution >= 4 is 68.4 Å². The maximum Gasteiger partial charge on any atom is 0.312 e. The fraction of sp³-hybridized carbons (Fsp3) is 0.743. The van der Waals surface area contributed by atoms with Crippen LogP contribution in [0.1, 0.15) is 122 Å². The Morgan fingerprint density at radius 1 is 0.896 bits per heavy atom. The summed E-state index contributed by atoms with van der Waals surface area (Å²) in [4.78, 5) is 40.0. The quantitative estimate of drug-likeness (QED) is 0.148. The van der Waals surface area contributed by atoms with Gasteiger partial charge in [-0.2, -0.15) is 17.0 Å². The first-order valence-electron chi connectivity index (χ1n) is 18.0. The van der Waals surface area contributed by atoms with Crippen LogP contribution in [0.4, 0.5) is 5.69 Å².